The molecule has 1 rings (SSSR count). The van der Waals surface area contributed by atoms with Gasteiger partial charge in [0.1, 0.15) is 23.7 Å². The molecular weight excluding hydrogens is 578 g/mol. The number of carbonyl (C=O) groups is 6. The third kappa shape index (κ3) is 10.8. The first-order valence-electron chi connectivity index (χ1n) is 15.5. The quantitative estimate of drug-likeness (QED) is 0.154. The van der Waals surface area contributed by atoms with Crippen molar-refractivity contribution in [1.82, 2.24) is 20.9 Å². The second-order valence-electron chi connectivity index (χ2n) is 15.6. The molecule has 0 aliphatic carbocycles. The first kappa shape index (κ1) is 39.4. The summed E-state index contributed by atoms with van der Waals surface area (Å²) >= 11 is 0. The number of hydrogen-bond acceptors (Lipinski definition) is 7. The van der Waals surface area contributed by atoms with Crippen molar-refractivity contribution in [2.24, 2.45) is 27.9 Å². The number of nitrogens with two attached hydrogens (primary N) is 1. The Bertz CT molecular complexity index is 1180. The number of urea groups is 1. The number of ketones is 1. The molecule has 12 nitrogen and oxygen atoms in total. The summed E-state index contributed by atoms with van der Waals surface area (Å²) in [6.07, 6.45) is 6.89. The average molecular weight is 634 g/mol. The summed E-state index contributed by atoms with van der Waals surface area (Å²) in [5.74, 6) is -1.68. The molecule has 254 valence electrons. The fraction of sp³-hybridized carbons (Fsp3) is 0.758. The molecule has 45 heavy (non-hydrogen) atoms. The Balaban J connectivity index is 3.47. The summed E-state index contributed by atoms with van der Waals surface area (Å²) in [4.78, 5) is 80.1. The van der Waals surface area contributed by atoms with E-state index in [1.54, 1.807) is 83.1 Å². The second kappa shape index (κ2) is 14.6. The van der Waals surface area contributed by atoms with Crippen molar-refractivity contribution >= 4 is 35.5 Å². The van der Waals surface area contributed by atoms with Crippen LogP contribution in [-0.4, -0.2) is 76.7 Å². The Labute approximate surface area is 268 Å². The molecule has 5 N–H and O–H groups in total. The average Bonchev–Trinajstić information content (AvgIpc) is 3.33. The van der Waals surface area contributed by atoms with Gasteiger partial charge in [-0.2, -0.15) is 0 Å². The monoisotopic (exact) mass is 633 g/mol. The van der Waals surface area contributed by atoms with Crippen molar-refractivity contribution in [2.45, 2.75) is 132 Å². The lowest BCUT2D eigenvalue weighted by atomic mass is 9.75. The minimum absolute atomic E-state index is 0.160. The number of nitrogens with one attached hydrogen (secondary N) is 3. The van der Waals surface area contributed by atoms with E-state index in [9.17, 15) is 28.8 Å². The van der Waals surface area contributed by atoms with Gasteiger partial charge in [-0.3, -0.25) is 19.2 Å². The van der Waals surface area contributed by atoms with Crippen LogP contribution in [0, 0.1) is 34.5 Å². The number of primary amides is 1. The molecule has 0 aromatic rings. The molecule has 0 aromatic heterocycles. The number of terminal acetylenes is 1. The standard InChI is InChI=1S/C33H55N5O7/c1-14-16-20(22(39)25(34)40)35-26(41)21-19(33(12,13)15-2)17-18-38(21)27(42)23(30(3,4)5)36-29(44)37-24(31(6,7)8)28(43)45-32(9,10)11/h2,19-21,23-24H,14,16-18H2,1,3-13H3,(H2,34,40)(H,35,41)(H2,36,37,44)/t19-,20?,21-,23+,24+/m0/s1. The number of esters is 1. The van der Waals surface area contributed by atoms with Gasteiger partial charge in [-0.25, -0.2) is 9.59 Å². The second-order valence-corrected chi connectivity index (χ2v) is 15.6. The highest BCUT2D eigenvalue weighted by atomic mass is 16.6. The van der Waals surface area contributed by atoms with Crippen LogP contribution >= 0.6 is 0 Å². The summed E-state index contributed by atoms with van der Waals surface area (Å²) in [6.45, 7) is 21.4. The Kier molecular flexibility index (Phi) is 12.8. The maximum atomic E-state index is 14.3. The highest BCUT2D eigenvalue weighted by Crippen LogP contribution is 2.40. The lowest BCUT2D eigenvalue weighted by Crippen LogP contribution is -2.62. The third-order valence-corrected chi connectivity index (χ3v) is 7.87. The Hall–Kier alpha value is -3.62. The number of Topliss-reactive ketones (excluding diaryl/α,β-unsaturated/α-hetero) is 1. The van der Waals surface area contributed by atoms with Crippen molar-refractivity contribution in [3.8, 4) is 12.3 Å². The lowest BCUT2D eigenvalue weighted by molar-refractivity contribution is -0.160. The minimum atomic E-state index is -1.17. The fourth-order valence-corrected chi connectivity index (χ4v) is 5.32. The molecule has 5 atom stereocenters. The number of nitrogens with zero attached hydrogens (tertiary/aromatic N) is 1. The van der Waals surface area contributed by atoms with Crippen LogP contribution < -0.4 is 21.7 Å². The molecule has 1 aliphatic rings. The number of amides is 5. The fourth-order valence-electron chi connectivity index (χ4n) is 5.32. The van der Waals surface area contributed by atoms with Crippen LogP contribution in [-0.2, 0) is 28.7 Å². The van der Waals surface area contributed by atoms with Crippen LogP contribution in [0.3, 0.4) is 0 Å². The molecule has 0 radical (unpaired) electrons. The highest BCUT2D eigenvalue weighted by molar-refractivity contribution is 6.37. The number of carbonyl (C=O) groups excluding carboxylic acids is 6. The zero-order valence-corrected chi connectivity index (χ0v) is 29.2. The maximum absolute atomic E-state index is 14.3. The Morgan fingerprint density at radius 3 is 1.82 bits per heavy atom. The van der Waals surface area contributed by atoms with Crippen molar-refractivity contribution in [3.63, 3.8) is 0 Å². The molecule has 0 bridgehead atoms. The summed E-state index contributed by atoms with van der Waals surface area (Å²) in [7, 11) is 0. The molecule has 1 fully saturated rings. The van der Waals surface area contributed by atoms with Crippen molar-refractivity contribution < 1.29 is 33.5 Å². The molecule has 5 amide bonds. The van der Waals surface area contributed by atoms with E-state index < -0.39 is 87.4 Å². The van der Waals surface area contributed by atoms with Gasteiger partial charge < -0.3 is 31.3 Å². The molecule has 0 saturated carbocycles. The number of ether oxygens (including phenoxy) is 1. The summed E-state index contributed by atoms with van der Waals surface area (Å²) in [6, 6.07) is -5.17. The van der Waals surface area contributed by atoms with Gasteiger partial charge in [-0.1, -0.05) is 54.9 Å². The summed E-state index contributed by atoms with van der Waals surface area (Å²) < 4.78 is 5.53. The van der Waals surface area contributed by atoms with Crippen molar-refractivity contribution in [3.05, 3.63) is 0 Å². The van der Waals surface area contributed by atoms with Gasteiger partial charge in [-0.15, -0.1) is 12.3 Å². The third-order valence-electron chi connectivity index (χ3n) is 7.87. The molecule has 0 aromatic carbocycles. The van der Waals surface area contributed by atoms with E-state index in [2.05, 4.69) is 21.9 Å². The molecule has 1 heterocycles. The molecular formula is C33H55N5O7. The first-order valence-corrected chi connectivity index (χ1v) is 15.5. The first-order chi connectivity index (χ1) is 20.3. The van der Waals surface area contributed by atoms with Crippen LogP contribution in [0.15, 0.2) is 0 Å². The Morgan fingerprint density at radius 1 is 0.889 bits per heavy atom. The highest BCUT2D eigenvalue weighted by Gasteiger charge is 2.51. The predicted molar refractivity (Wildman–Crippen MR) is 171 cm³/mol. The van der Waals surface area contributed by atoms with E-state index in [4.69, 9.17) is 16.9 Å². The van der Waals surface area contributed by atoms with E-state index in [1.807, 2.05) is 0 Å². The van der Waals surface area contributed by atoms with Crippen LogP contribution in [0.5, 0.6) is 0 Å². The van der Waals surface area contributed by atoms with E-state index in [1.165, 1.54) is 4.90 Å². The molecule has 0 spiro atoms. The van der Waals surface area contributed by atoms with Gasteiger partial charge >= 0.3 is 12.0 Å². The van der Waals surface area contributed by atoms with Gasteiger partial charge in [0.15, 0.2) is 0 Å². The van der Waals surface area contributed by atoms with E-state index in [-0.39, 0.29) is 13.0 Å². The summed E-state index contributed by atoms with van der Waals surface area (Å²) in [5, 5.41) is 8.06. The van der Waals surface area contributed by atoms with Gasteiger partial charge in [0.05, 0.1) is 6.04 Å². The summed E-state index contributed by atoms with van der Waals surface area (Å²) in [5.41, 5.74) is 2.08. The van der Waals surface area contributed by atoms with Crippen LogP contribution in [0.2, 0.25) is 0 Å². The predicted octanol–water partition coefficient (Wildman–Crippen LogP) is 2.67. The van der Waals surface area contributed by atoms with E-state index in [0.717, 1.165) is 0 Å². The SMILES string of the molecule is C#CC(C)(C)[C@H]1CCN(C(=O)[C@@H](NC(=O)N[C@H](C(=O)OC(C)(C)C)C(C)(C)C)C(C)(C)C)[C@@H]1C(=O)NC(CCC)C(=O)C(N)=O. The van der Waals surface area contributed by atoms with Gasteiger partial charge in [0, 0.05) is 17.9 Å². The van der Waals surface area contributed by atoms with Crippen LogP contribution in [0.4, 0.5) is 4.79 Å². The largest absolute Gasteiger partial charge is 0.458 e. The smallest absolute Gasteiger partial charge is 0.329 e. The van der Waals surface area contributed by atoms with Crippen molar-refractivity contribution in [1.29, 1.82) is 0 Å². The normalized spacial score (nSPS) is 19.4. The zero-order valence-electron chi connectivity index (χ0n) is 29.2. The topological polar surface area (TPSA) is 177 Å². The van der Waals surface area contributed by atoms with E-state index >= 15 is 0 Å². The van der Waals surface area contributed by atoms with Gasteiger partial charge in [0.25, 0.3) is 5.91 Å². The maximum Gasteiger partial charge on any atom is 0.329 e. The van der Waals surface area contributed by atoms with Gasteiger partial charge in [0.2, 0.25) is 17.6 Å². The number of likely N-dealkylation sites (tertiary alicyclic amines) is 1. The number of rotatable bonds is 11. The molecule has 12 heteroatoms. The number of hydrogen-bond donors (Lipinski definition) is 4. The lowest BCUT2D eigenvalue weighted by Gasteiger charge is -2.39. The van der Waals surface area contributed by atoms with Crippen LogP contribution in [0.1, 0.15) is 102 Å². The Morgan fingerprint density at radius 2 is 1.40 bits per heavy atom. The van der Waals surface area contributed by atoms with Gasteiger partial charge in [-0.05, 0) is 58.3 Å². The van der Waals surface area contributed by atoms with Crippen LogP contribution in [0.25, 0.3) is 0 Å². The van der Waals surface area contributed by atoms with Crippen molar-refractivity contribution in [2.75, 3.05) is 6.54 Å². The minimum Gasteiger partial charge on any atom is -0.458 e. The molecule has 1 saturated heterocycles. The van der Waals surface area contributed by atoms with E-state index in [0.29, 0.717) is 12.8 Å². The zero-order chi connectivity index (χ0) is 35.3. The molecule has 1 unspecified atom stereocenters. The molecule has 1 aliphatic heterocycles.